The highest BCUT2D eigenvalue weighted by molar-refractivity contribution is 7.89. The second-order valence-electron chi connectivity index (χ2n) is 4.93. The standard InChI is InChI=1S/C11H15N4O2P/c1-4-18(16)8-6-17-9(10(8)18)11-12-13-14-15(11)5-7(2)3/h6-7H,4-5H2,1-3H3. The van der Waals surface area contributed by atoms with Gasteiger partial charge in [-0.15, -0.1) is 5.10 Å². The highest BCUT2D eigenvalue weighted by atomic mass is 31.2. The van der Waals surface area contributed by atoms with Gasteiger partial charge in [-0.05, 0) is 16.3 Å². The summed E-state index contributed by atoms with van der Waals surface area (Å²) in [5, 5.41) is 13.3. The minimum atomic E-state index is -2.26. The molecule has 0 radical (unpaired) electrons. The lowest BCUT2D eigenvalue weighted by Crippen LogP contribution is -2.09. The molecule has 96 valence electrons. The molecule has 1 unspecified atom stereocenters. The van der Waals surface area contributed by atoms with Gasteiger partial charge in [0, 0.05) is 12.7 Å². The second-order valence-corrected chi connectivity index (χ2v) is 7.97. The summed E-state index contributed by atoms with van der Waals surface area (Å²) in [6.07, 6.45) is 2.23. The minimum absolute atomic E-state index is 0.434. The zero-order chi connectivity index (χ0) is 12.9. The molecule has 3 rings (SSSR count). The van der Waals surface area contributed by atoms with E-state index in [4.69, 9.17) is 4.42 Å². The van der Waals surface area contributed by atoms with Gasteiger partial charge in [0.2, 0.25) is 5.82 Å². The number of hydrogen-bond donors (Lipinski definition) is 0. The first-order valence-electron chi connectivity index (χ1n) is 6.06. The predicted octanol–water partition coefficient (Wildman–Crippen LogP) is 1.24. The Morgan fingerprint density at radius 2 is 2.28 bits per heavy atom. The number of rotatable bonds is 4. The maximum Gasteiger partial charge on any atom is 0.218 e. The highest BCUT2D eigenvalue weighted by Crippen LogP contribution is 2.57. The van der Waals surface area contributed by atoms with E-state index < -0.39 is 7.14 Å². The molecule has 0 amide bonds. The Balaban J connectivity index is 2.01. The number of furan rings is 1. The third-order valence-corrected chi connectivity index (χ3v) is 6.11. The first-order chi connectivity index (χ1) is 8.58. The fourth-order valence-electron chi connectivity index (χ4n) is 2.20. The highest BCUT2D eigenvalue weighted by Gasteiger charge is 2.51. The van der Waals surface area contributed by atoms with Crippen LogP contribution in [0.1, 0.15) is 20.8 Å². The van der Waals surface area contributed by atoms with E-state index in [0.29, 0.717) is 30.2 Å². The molecule has 0 aliphatic carbocycles. The maximum absolute atomic E-state index is 12.4. The van der Waals surface area contributed by atoms with Crippen LogP contribution in [0, 0.1) is 5.92 Å². The van der Waals surface area contributed by atoms with Crippen LogP contribution in [0.5, 0.6) is 0 Å². The van der Waals surface area contributed by atoms with Crippen LogP contribution in [0.4, 0.5) is 0 Å². The van der Waals surface area contributed by atoms with Crippen molar-refractivity contribution in [3.05, 3.63) is 6.26 Å². The van der Waals surface area contributed by atoms with Gasteiger partial charge in [-0.25, -0.2) is 4.68 Å². The van der Waals surface area contributed by atoms with Crippen molar-refractivity contribution in [3.63, 3.8) is 0 Å². The predicted molar refractivity (Wildman–Crippen MR) is 67.8 cm³/mol. The van der Waals surface area contributed by atoms with E-state index in [1.165, 1.54) is 0 Å². The van der Waals surface area contributed by atoms with Gasteiger partial charge in [0.15, 0.2) is 12.9 Å². The Hall–Kier alpha value is -1.42. The number of fused-ring (bicyclic) bond motifs is 1. The SMILES string of the molecule is CCP1(=O)c2coc(-c3nnnn3CC(C)C)c21. The fraction of sp³-hybridized carbons (Fsp3) is 0.545. The summed E-state index contributed by atoms with van der Waals surface area (Å²) in [6.45, 7) is 6.84. The zero-order valence-corrected chi connectivity index (χ0v) is 11.5. The summed E-state index contributed by atoms with van der Waals surface area (Å²) in [5.74, 6) is 1.60. The Morgan fingerprint density at radius 1 is 1.50 bits per heavy atom. The molecule has 1 aliphatic rings. The van der Waals surface area contributed by atoms with Crippen LogP contribution in [-0.2, 0) is 11.1 Å². The van der Waals surface area contributed by atoms with Crippen molar-refractivity contribution in [1.29, 1.82) is 0 Å². The molecule has 0 spiro atoms. The van der Waals surface area contributed by atoms with E-state index in [0.717, 1.165) is 10.6 Å². The number of nitrogens with zero attached hydrogens (tertiary/aromatic N) is 4. The summed E-state index contributed by atoms with van der Waals surface area (Å²) in [5.41, 5.74) is 0. The fourth-order valence-corrected chi connectivity index (χ4v) is 4.61. The van der Waals surface area contributed by atoms with Crippen molar-refractivity contribution in [2.24, 2.45) is 5.92 Å². The Labute approximate surface area is 105 Å². The average Bonchev–Trinajstić information content (AvgIpc) is 2.76. The molecular formula is C11H15N4O2P. The van der Waals surface area contributed by atoms with Gasteiger partial charge in [0.05, 0.1) is 10.6 Å². The molecule has 0 N–H and O–H groups in total. The summed E-state index contributed by atoms with van der Waals surface area (Å²) >= 11 is 0. The lowest BCUT2D eigenvalue weighted by Gasteiger charge is -2.05. The van der Waals surface area contributed by atoms with Crippen LogP contribution in [0.2, 0.25) is 0 Å². The van der Waals surface area contributed by atoms with E-state index in [1.807, 2.05) is 6.92 Å². The van der Waals surface area contributed by atoms with Crippen LogP contribution in [0.15, 0.2) is 10.7 Å². The largest absolute Gasteiger partial charge is 0.459 e. The molecule has 1 atom stereocenters. The molecule has 0 aromatic carbocycles. The lowest BCUT2D eigenvalue weighted by molar-refractivity contribution is 0.469. The summed E-state index contributed by atoms with van der Waals surface area (Å²) in [4.78, 5) is 0. The Kier molecular flexibility index (Phi) is 2.45. The Bertz CT molecular complexity index is 643. The van der Waals surface area contributed by atoms with Gasteiger partial charge in [0.1, 0.15) is 6.26 Å². The number of hydrogen-bond acceptors (Lipinski definition) is 5. The first kappa shape index (κ1) is 11.7. The van der Waals surface area contributed by atoms with Crippen LogP contribution < -0.4 is 10.6 Å². The molecular weight excluding hydrogens is 251 g/mol. The van der Waals surface area contributed by atoms with Crippen molar-refractivity contribution < 1.29 is 8.98 Å². The average molecular weight is 266 g/mol. The molecule has 18 heavy (non-hydrogen) atoms. The number of aromatic nitrogens is 4. The summed E-state index contributed by atoms with van der Waals surface area (Å²) in [7, 11) is -2.26. The molecule has 6 nitrogen and oxygen atoms in total. The molecule has 7 heteroatoms. The van der Waals surface area contributed by atoms with E-state index in [9.17, 15) is 4.57 Å². The molecule has 1 aliphatic heterocycles. The maximum atomic E-state index is 12.4. The molecule has 2 aromatic rings. The van der Waals surface area contributed by atoms with E-state index in [-0.39, 0.29) is 0 Å². The summed E-state index contributed by atoms with van der Waals surface area (Å²) in [6, 6.07) is 0. The van der Waals surface area contributed by atoms with Gasteiger partial charge in [-0.2, -0.15) is 0 Å². The van der Waals surface area contributed by atoms with Crippen molar-refractivity contribution in [3.8, 4) is 11.6 Å². The van der Waals surface area contributed by atoms with E-state index in [1.54, 1.807) is 10.9 Å². The third kappa shape index (κ3) is 1.48. The second kappa shape index (κ2) is 3.79. The normalized spacial score (nSPS) is 21.3. The van der Waals surface area contributed by atoms with Crippen molar-refractivity contribution in [1.82, 2.24) is 20.2 Å². The van der Waals surface area contributed by atoms with Crippen molar-refractivity contribution >= 4 is 17.8 Å². The van der Waals surface area contributed by atoms with E-state index in [2.05, 4.69) is 29.4 Å². The third-order valence-electron chi connectivity index (χ3n) is 3.16. The molecule has 0 bridgehead atoms. The van der Waals surface area contributed by atoms with Crippen molar-refractivity contribution in [2.75, 3.05) is 6.16 Å². The van der Waals surface area contributed by atoms with E-state index >= 15 is 0 Å². The number of tetrazole rings is 1. The van der Waals surface area contributed by atoms with Gasteiger partial charge in [-0.3, -0.25) is 0 Å². The quantitative estimate of drug-likeness (QED) is 0.778. The van der Waals surface area contributed by atoms with Gasteiger partial charge in [0.25, 0.3) is 0 Å². The Morgan fingerprint density at radius 3 is 2.89 bits per heavy atom. The molecule has 2 aromatic heterocycles. The summed E-state index contributed by atoms with van der Waals surface area (Å²) < 4.78 is 19.6. The van der Waals surface area contributed by atoms with Crippen LogP contribution in [0.25, 0.3) is 11.6 Å². The molecule has 0 saturated carbocycles. The van der Waals surface area contributed by atoms with Gasteiger partial charge >= 0.3 is 0 Å². The molecule has 0 saturated heterocycles. The lowest BCUT2D eigenvalue weighted by atomic mass is 10.2. The monoisotopic (exact) mass is 266 g/mol. The molecule has 3 heterocycles. The topological polar surface area (TPSA) is 73.8 Å². The smallest absolute Gasteiger partial charge is 0.218 e. The van der Waals surface area contributed by atoms with Crippen molar-refractivity contribution in [2.45, 2.75) is 27.3 Å². The van der Waals surface area contributed by atoms with Crippen LogP contribution in [-0.4, -0.2) is 26.4 Å². The minimum Gasteiger partial charge on any atom is -0.459 e. The first-order valence-corrected chi connectivity index (χ1v) is 7.95. The van der Waals surface area contributed by atoms with Crippen LogP contribution in [0.3, 0.4) is 0 Å². The zero-order valence-electron chi connectivity index (χ0n) is 10.6. The van der Waals surface area contributed by atoms with Gasteiger partial charge in [-0.1, -0.05) is 20.8 Å². The van der Waals surface area contributed by atoms with Crippen LogP contribution >= 0.6 is 7.14 Å². The van der Waals surface area contributed by atoms with Gasteiger partial charge < -0.3 is 8.98 Å². The molecule has 0 fully saturated rings.